The summed E-state index contributed by atoms with van der Waals surface area (Å²) in [6.45, 7) is 8.01. The monoisotopic (exact) mass is 489 g/mol. The number of hydrogen-bond donors (Lipinski definition) is 2. The van der Waals surface area contributed by atoms with Crippen LogP contribution < -0.4 is 15.5 Å². The van der Waals surface area contributed by atoms with E-state index in [9.17, 15) is 0 Å². The first-order valence-corrected chi connectivity index (χ1v) is 9.63. The van der Waals surface area contributed by atoms with Crippen LogP contribution in [-0.2, 0) is 4.74 Å². The molecule has 1 heterocycles. The number of hydrogen-bond acceptors (Lipinski definition) is 4. The maximum Gasteiger partial charge on any atom is 0.191 e. The lowest BCUT2D eigenvalue weighted by Gasteiger charge is -2.22. The molecule has 0 bridgehead atoms. The Morgan fingerprint density at radius 1 is 1.30 bits per heavy atom. The Hall–Kier alpha value is -1.06. The number of likely N-dealkylation sites (N-methyl/N-ethyl adjacent to an activating group) is 1. The molecule has 2 N–H and O–H groups in total. The normalized spacial score (nSPS) is 15.6. The van der Waals surface area contributed by atoms with E-state index in [-0.39, 0.29) is 30.0 Å². The number of aliphatic imine (C=N–C) groups is 1. The molecular weight excluding hydrogens is 453 g/mol. The Balaban J connectivity index is 0.00000364. The van der Waals surface area contributed by atoms with Gasteiger partial charge < -0.3 is 25.2 Å². The summed E-state index contributed by atoms with van der Waals surface area (Å²) in [4.78, 5) is 9.07. The fraction of sp³-hybridized carbons (Fsp3) is 0.650. The first-order valence-electron chi connectivity index (χ1n) is 9.63. The van der Waals surface area contributed by atoms with Gasteiger partial charge in [-0.25, -0.2) is 0 Å². The molecule has 1 atom stereocenters. The highest BCUT2D eigenvalue weighted by Gasteiger charge is 2.14. The minimum atomic E-state index is 0. The van der Waals surface area contributed by atoms with Crippen LogP contribution in [0.5, 0.6) is 0 Å². The van der Waals surface area contributed by atoms with E-state index < -0.39 is 0 Å². The van der Waals surface area contributed by atoms with Crippen molar-refractivity contribution in [1.82, 2.24) is 15.5 Å². The van der Waals surface area contributed by atoms with E-state index in [4.69, 9.17) is 4.74 Å². The van der Waals surface area contributed by atoms with E-state index >= 15 is 0 Å². The van der Waals surface area contributed by atoms with Crippen LogP contribution in [0, 0.1) is 0 Å². The van der Waals surface area contributed by atoms with Crippen LogP contribution >= 0.6 is 24.0 Å². The lowest BCUT2D eigenvalue weighted by Crippen LogP contribution is -2.42. The van der Waals surface area contributed by atoms with Gasteiger partial charge in [0.25, 0.3) is 0 Å². The fourth-order valence-electron chi connectivity index (χ4n) is 3.17. The quantitative estimate of drug-likeness (QED) is 0.318. The van der Waals surface area contributed by atoms with Gasteiger partial charge in [-0.15, -0.1) is 24.0 Å². The number of nitrogens with one attached hydrogen (secondary N) is 2. The molecule has 2 rings (SSSR count). The van der Waals surface area contributed by atoms with Crippen LogP contribution in [0.25, 0.3) is 0 Å². The molecule has 154 valence electrons. The standard InChI is InChI=1S/C20H35N5O.HI/c1-17(18-8-7-9-19(16-18)25-11-5-6-12-25)23-20(21-2)22-10-13-24(3)14-15-26-4;/h7-9,16-17H,5-6,10-15H2,1-4H3,(H2,21,22,23);1H. The molecular formula is C20H36IN5O. The van der Waals surface area contributed by atoms with Gasteiger partial charge in [0.2, 0.25) is 0 Å². The largest absolute Gasteiger partial charge is 0.383 e. The third-order valence-electron chi connectivity index (χ3n) is 4.88. The Kier molecular flexibility index (Phi) is 11.7. The Labute approximate surface area is 181 Å². The predicted octanol–water partition coefficient (Wildman–Crippen LogP) is 2.71. The highest BCUT2D eigenvalue weighted by Crippen LogP contribution is 2.23. The molecule has 0 aromatic heterocycles. The van der Waals surface area contributed by atoms with E-state index in [0.717, 1.165) is 32.2 Å². The summed E-state index contributed by atoms with van der Waals surface area (Å²) in [5, 5.41) is 6.89. The van der Waals surface area contributed by atoms with Gasteiger partial charge in [-0.3, -0.25) is 4.99 Å². The van der Waals surface area contributed by atoms with E-state index in [2.05, 4.69) is 63.7 Å². The fourth-order valence-corrected chi connectivity index (χ4v) is 3.17. The second-order valence-corrected chi connectivity index (χ2v) is 6.95. The van der Waals surface area contributed by atoms with E-state index in [1.807, 2.05) is 7.05 Å². The van der Waals surface area contributed by atoms with Crippen molar-refractivity contribution in [3.8, 4) is 0 Å². The molecule has 1 aliphatic heterocycles. The predicted molar refractivity (Wildman–Crippen MR) is 126 cm³/mol. The number of anilines is 1. The molecule has 0 aliphatic carbocycles. The highest BCUT2D eigenvalue weighted by molar-refractivity contribution is 14.0. The lowest BCUT2D eigenvalue weighted by molar-refractivity contribution is 0.162. The zero-order chi connectivity index (χ0) is 18.8. The van der Waals surface area contributed by atoms with Gasteiger partial charge in [0.1, 0.15) is 0 Å². The number of halogens is 1. The number of ether oxygens (including phenoxy) is 1. The van der Waals surface area contributed by atoms with Gasteiger partial charge in [0.05, 0.1) is 12.6 Å². The maximum atomic E-state index is 5.11. The van der Waals surface area contributed by atoms with Gasteiger partial charge in [-0.1, -0.05) is 12.1 Å². The third kappa shape index (κ3) is 8.23. The second-order valence-electron chi connectivity index (χ2n) is 6.95. The first-order chi connectivity index (χ1) is 12.6. The Morgan fingerprint density at radius 2 is 2.04 bits per heavy atom. The van der Waals surface area contributed by atoms with Crippen LogP contribution in [0.4, 0.5) is 5.69 Å². The van der Waals surface area contributed by atoms with Crippen LogP contribution in [0.2, 0.25) is 0 Å². The molecule has 0 saturated carbocycles. The number of benzene rings is 1. The summed E-state index contributed by atoms with van der Waals surface area (Å²) in [6, 6.07) is 9.06. The summed E-state index contributed by atoms with van der Waals surface area (Å²) < 4.78 is 5.11. The number of rotatable bonds is 9. The minimum absolute atomic E-state index is 0. The maximum absolute atomic E-state index is 5.11. The molecule has 1 unspecified atom stereocenters. The Morgan fingerprint density at radius 3 is 2.70 bits per heavy atom. The SMILES string of the molecule is CN=C(NCCN(C)CCOC)NC(C)c1cccc(N2CCCC2)c1.I. The first kappa shape index (κ1) is 24.0. The van der Waals surface area contributed by atoms with Crippen LogP contribution in [-0.4, -0.2) is 71.4 Å². The van der Waals surface area contributed by atoms with Crippen molar-refractivity contribution in [3.63, 3.8) is 0 Å². The summed E-state index contributed by atoms with van der Waals surface area (Å²) in [5.74, 6) is 0.837. The van der Waals surface area contributed by atoms with Gasteiger partial charge >= 0.3 is 0 Å². The summed E-state index contributed by atoms with van der Waals surface area (Å²) in [6.07, 6.45) is 2.60. The molecule has 0 amide bonds. The van der Waals surface area contributed by atoms with Crippen molar-refractivity contribution in [2.75, 3.05) is 65.4 Å². The van der Waals surface area contributed by atoms with Gasteiger partial charge in [0.15, 0.2) is 5.96 Å². The van der Waals surface area contributed by atoms with Gasteiger partial charge in [-0.2, -0.15) is 0 Å². The van der Waals surface area contributed by atoms with Crippen molar-refractivity contribution in [2.24, 2.45) is 4.99 Å². The summed E-state index contributed by atoms with van der Waals surface area (Å²) in [5.41, 5.74) is 2.62. The molecule has 1 saturated heterocycles. The number of nitrogens with zero attached hydrogens (tertiary/aromatic N) is 3. The molecule has 1 aromatic rings. The van der Waals surface area contributed by atoms with E-state index in [0.29, 0.717) is 0 Å². The number of methoxy groups -OCH3 is 1. The van der Waals surface area contributed by atoms with E-state index in [1.54, 1.807) is 7.11 Å². The van der Waals surface area contributed by atoms with E-state index in [1.165, 1.54) is 37.2 Å². The van der Waals surface area contributed by atoms with Crippen LogP contribution in [0.15, 0.2) is 29.3 Å². The Bertz CT molecular complexity index is 563. The number of guanidine groups is 1. The molecule has 27 heavy (non-hydrogen) atoms. The van der Waals surface area contributed by atoms with Gasteiger partial charge in [0, 0.05) is 52.6 Å². The average molecular weight is 489 g/mol. The smallest absolute Gasteiger partial charge is 0.191 e. The molecule has 0 spiro atoms. The van der Waals surface area contributed by atoms with Gasteiger partial charge in [-0.05, 0) is 44.5 Å². The molecule has 1 fully saturated rings. The van der Waals surface area contributed by atoms with Crippen LogP contribution in [0.3, 0.4) is 0 Å². The zero-order valence-corrected chi connectivity index (χ0v) is 19.5. The molecule has 7 heteroatoms. The van der Waals surface area contributed by atoms with Crippen LogP contribution in [0.1, 0.15) is 31.4 Å². The summed E-state index contributed by atoms with van der Waals surface area (Å²) in [7, 11) is 5.65. The zero-order valence-electron chi connectivity index (χ0n) is 17.2. The van der Waals surface area contributed by atoms with Crippen molar-refractivity contribution in [1.29, 1.82) is 0 Å². The lowest BCUT2D eigenvalue weighted by atomic mass is 10.1. The molecule has 0 radical (unpaired) electrons. The third-order valence-corrected chi connectivity index (χ3v) is 4.88. The van der Waals surface area contributed by atoms with Crippen molar-refractivity contribution in [2.45, 2.75) is 25.8 Å². The second kappa shape index (κ2) is 13.2. The summed E-state index contributed by atoms with van der Waals surface area (Å²) >= 11 is 0. The van der Waals surface area contributed by atoms with Crippen molar-refractivity contribution < 1.29 is 4.74 Å². The molecule has 1 aliphatic rings. The molecule has 6 nitrogen and oxygen atoms in total. The molecule has 1 aromatic carbocycles. The topological polar surface area (TPSA) is 52.1 Å². The average Bonchev–Trinajstić information content (AvgIpc) is 3.20. The highest BCUT2D eigenvalue weighted by atomic mass is 127. The van der Waals surface area contributed by atoms with Crippen molar-refractivity contribution in [3.05, 3.63) is 29.8 Å². The minimum Gasteiger partial charge on any atom is -0.383 e. The van der Waals surface area contributed by atoms with Crippen molar-refractivity contribution >= 4 is 35.6 Å².